The van der Waals surface area contributed by atoms with Gasteiger partial charge in [-0.2, -0.15) is 0 Å². The molecule has 1 saturated heterocycles. The summed E-state index contributed by atoms with van der Waals surface area (Å²) in [6.45, 7) is 10.6. The average molecular weight is 318 g/mol. The van der Waals surface area contributed by atoms with E-state index in [1.165, 1.54) is 11.1 Å². The largest absolute Gasteiger partial charge is 0.481 e. The monoisotopic (exact) mass is 318 g/mol. The number of hydrogen-bond acceptors (Lipinski definition) is 3. The molecule has 4 nitrogen and oxygen atoms in total. The van der Waals surface area contributed by atoms with Crippen LogP contribution in [0, 0.1) is 12.8 Å². The summed E-state index contributed by atoms with van der Waals surface area (Å²) in [5.74, 6) is 1.89. The number of piperidine rings is 1. The van der Waals surface area contributed by atoms with Crippen molar-refractivity contribution in [3.8, 4) is 5.75 Å². The second-order valence-electron chi connectivity index (χ2n) is 6.94. The van der Waals surface area contributed by atoms with E-state index >= 15 is 0 Å². The van der Waals surface area contributed by atoms with Gasteiger partial charge in [0.15, 0.2) is 6.10 Å². The molecule has 1 unspecified atom stereocenters. The molecule has 2 N–H and O–H groups in total. The number of likely N-dealkylation sites (tertiary alicyclic amines) is 1. The first-order valence-electron chi connectivity index (χ1n) is 8.68. The highest BCUT2D eigenvalue weighted by Gasteiger charge is 2.26. The third kappa shape index (κ3) is 4.47. The van der Waals surface area contributed by atoms with Crippen LogP contribution >= 0.6 is 0 Å². The van der Waals surface area contributed by atoms with E-state index in [2.05, 4.69) is 26.8 Å². The third-order valence-corrected chi connectivity index (χ3v) is 4.78. The van der Waals surface area contributed by atoms with Crippen molar-refractivity contribution in [1.82, 2.24) is 4.90 Å². The van der Waals surface area contributed by atoms with Crippen molar-refractivity contribution in [2.24, 2.45) is 11.7 Å². The van der Waals surface area contributed by atoms with E-state index in [0.717, 1.165) is 38.2 Å². The minimum Gasteiger partial charge on any atom is -0.481 e. The smallest absolute Gasteiger partial charge is 0.263 e. The minimum absolute atomic E-state index is 0.0751. The molecule has 1 fully saturated rings. The summed E-state index contributed by atoms with van der Waals surface area (Å²) in [6.07, 6.45) is 1.54. The summed E-state index contributed by atoms with van der Waals surface area (Å²) in [6, 6.07) is 6.09. The Bertz CT molecular complexity index is 534. The fourth-order valence-electron chi connectivity index (χ4n) is 3.27. The van der Waals surface area contributed by atoms with E-state index in [9.17, 15) is 4.79 Å². The zero-order valence-electron chi connectivity index (χ0n) is 14.8. The molecule has 0 saturated carbocycles. The minimum atomic E-state index is -0.450. The van der Waals surface area contributed by atoms with Gasteiger partial charge in [-0.25, -0.2) is 0 Å². The predicted octanol–water partition coefficient (Wildman–Crippen LogP) is 3.08. The Kier molecular flexibility index (Phi) is 6.05. The van der Waals surface area contributed by atoms with Crippen molar-refractivity contribution in [1.29, 1.82) is 0 Å². The van der Waals surface area contributed by atoms with Crippen molar-refractivity contribution >= 4 is 5.91 Å². The lowest BCUT2D eigenvalue weighted by Gasteiger charge is -2.33. The standard InChI is InChI=1S/C19H30N2O2/c1-13(2)18-6-5-17(11-14(18)3)23-15(4)19(22)21-9-7-16(12-20)8-10-21/h5-6,11,13,15-16H,7-10,12,20H2,1-4H3. The molecule has 0 spiro atoms. The van der Waals surface area contributed by atoms with Crippen LogP contribution in [0.5, 0.6) is 5.75 Å². The van der Waals surface area contributed by atoms with Crippen LogP contribution in [0.4, 0.5) is 0 Å². The van der Waals surface area contributed by atoms with Crippen molar-refractivity contribution in [3.05, 3.63) is 29.3 Å². The summed E-state index contributed by atoms with van der Waals surface area (Å²) < 4.78 is 5.88. The highest BCUT2D eigenvalue weighted by atomic mass is 16.5. The van der Waals surface area contributed by atoms with Gasteiger partial charge >= 0.3 is 0 Å². The first-order chi connectivity index (χ1) is 10.9. The third-order valence-electron chi connectivity index (χ3n) is 4.78. The number of hydrogen-bond donors (Lipinski definition) is 1. The van der Waals surface area contributed by atoms with E-state index < -0.39 is 6.10 Å². The Hall–Kier alpha value is -1.55. The van der Waals surface area contributed by atoms with Crippen molar-refractivity contribution < 1.29 is 9.53 Å². The summed E-state index contributed by atoms with van der Waals surface area (Å²) in [5.41, 5.74) is 8.23. The van der Waals surface area contributed by atoms with Crippen LogP contribution in [0.15, 0.2) is 18.2 Å². The Balaban J connectivity index is 1.95. The van der Waals surface area contributed by atoms with E-state index in [-0.39, 0.29) is 5.91 Å². The molecule has 128 valence electrons. The lowest BCUT2D eigenvalue weighted by Crippen LogP contribution is -2.45. The van der Waals surface area contributed by atoms with Gasteiger partial charge in [0.2, 0.25) is 0 Å². The van der Waals surface area contributed by atoms with E-state index in [1.54, 1.807) is 0 Å². The highest BCUT2D eigenvalue weighted by molar-refractivity contribution is 5.81. The molecule has 1 aliphatic rings. The Labute approximate surface area is 140 Å². The molecule has 1 amide bonds. The van der Waals surface area contributed by atoms with Gasteiger partial charge in [-0.3, -0.25) is 4.79 Å². The van der Waals surface area contributed by atoms with E-state index in [4.69, 9.17) is 10.5 Å². The lowest BCUT2D eigenvalue weighted by atomic mass is 9.97. The fourth-order valence-corrected chi connectivity index (χ4v) is 3.27. The van der Waals surface area contributed by atoms with Crippen molar-refractivity contribution in [2.75, 3.05) is 19.6 Å². The Morgan fingerprint density at radius 3 is 2.48 bits per heavy atom. The molecule has 2 rings (SSSR count). The average Bonchev–Trinajstić information content (AvgIpc) is 2.54. The number of nitrogens with zero attached hydrogens (tertiary/aromatic N) is 1. The number of carbonyl (C=O) groups is 1. The molecular formula is C19H30N2O2. The molecule has 23 heavy (non-hydrogen) atoms. The zero-order chi connectivity index (χ0) is 17.0. The number of rotatable bonds is 5. The number of benzene rings is 1. The van der Waals surface area contributed by atoms with Gasteiger partial charge in [0, 0.05) is 13.1 Å². The number of nitrogens with two attached hydrogens (primary N) is 1. The normalized spacial score (nSPS) is 17.4. The molecule has 1 aliphatic heterocycles. The maximum atomic E-state index is 12.5. The summed E-state index contributed by atoms with van der Waals surface area (Å²) in [5, 5.41) is 0. The maximum Gasteiger partial charge on any atom is 0.263 e. The molecule has 1 heterocycles. The van der Waals surface area contributed by atoms with Crippen LogP contribution in [-0.2, 0) is 4.79 Å². The van der Waals surface area contributed by atoms with Crippen LogP contribution in [0.3, 0.4) is 0 Å². The summed E-state index contributed by atoms with van der Waals surface area (Å²) in [7, 11) is 0. The van der Waals surface area contributed by atoms with Gasteiger partial charge in [-0.05, 0) is 68.3 Å². The molecule has 0 aromatic heterocycles. The number of amides is 1. The van der Waals surface area contributed by atoms with Gasteiger partial charge in [0.25, 0.3) is 5.91 Å². The molecule has 1 atom stereocenters. The molecule has 4 heteroatoms. The molecule has 0 bridgehead atoms. The summed E-state index contributed by atoms with van der Waals surface area (Å²) >= 11 is 0. The molecule has 1 aromatic carbocycles. The van der Waals surface area contributed by atoms with Gasteiger partial charge in [-0.1, -0.05) is 19.9 Å². The van der Waals surface area contributed by atoms with Gasteiger partial charge in [0.05, 0.1) is 0 Å². The van der Waals surface area contributed by atoms with Crippen LogP contribution in [0.2, 0.25) is 0 Å². The summed E-state index contributed by atoms with van der Waals surface area (Å²) in [4.78, 5) is 14.4. The predicted molar refractivity (Wildman–Crippen MR) is 93.7 cm³/mol. The molecule has 0 aliphatic carbocycles. The first-order valence-corrected chi connectivity index (χ1v) is 8.68. The van der Waals surface area contributed by atoms with Crippen molar-refractivity contribution in [2.45, 2.75) is 52.6 Å². The highest BCUT2D eigenvalue weighted by Crippen LogP contribution is 2.24. The molecule has 1 aromatic rings. The van der Waals surface area contributed by atoms with Gasteiger partial charge in [-0.15, -0.1) is 0 Å². The number of aryl methyl sites for hydroxylation is 1. The van der Waals surface area contributed by atoms with Crippen LogP contribution in [0.1, 0.15) is 50.7 Å². The number of ether oxygens (including phenoxy) is 1. The van der Waals surface area contributed by atoms with E-state index in [0.29, 0.717) is 11.8 Å². The van der Waals surface area contributed by atoms with Crippen molar-refractivity contribution in [3.63, 3.8) is 0 Å². The second kappa shape index (κ2) is 7.82. The lowest BCUT2D eigenvalue weighted by molar-refractivity contribution is -0.139. The fraction of sp³-hybridized carbons (Fsp3) is 0.632. The van der Waals surface area contributed by atoms with Crippen LogP contribution in [-0.4, -0.2) is 36.5 Å². The molecular weight excluding hydrogens is 288 g/mol. The van der Waals surface area contributed by atoms with Crippen LogP contribution < -0.4 is 10.5 Å². The SMILES string of the molecule is Cc1cc(OC(C)C(=O)N2CCC(CN)CC2)ccc1C(C)C. The molecule has 0 radical (unpaired) electrons. The van der Waals surface area contributed by atoms with E-state index in [1.807, 2.05) is 24.0 Å². The quantitative estimate of drug-likeness (QED) is 0.907. The Morgan fingerprint density at radius 1 is 1.30 bits per heavy atom. The van der Waals surface area contributed by atoms with Gasteiger partial charge in [0.1, 0.15) is 5.75 Å². The zero-order valence-corrected chi connectivity index (χ0v) is 14.8. The maximum absolute atomic E-state index is 12.5. The van der Waals surface area contributed by atoms with Crippen LogP contribution in [0.25, 0.3) is 0 Å². The van der Waals surface area contributed by atoms with Gasteiger partial charge < -0.3 is 15.4 Å². The Morgan fingerprint density at radius 2 is 1.96 bits per heavy atom. The number of carbonyl (C=O) groups excluding carboxylic acids is 1. The first kappa shape index (κ1) is 17.8. The second-order valence-corrected chi connectivity index (χ2v) is 6.94. The topological polar surface area (TPSA) is 55.6 Å².